The highest BCUT2D eigenvalue weighted by molar-refractivity contribution is 7.93. The van der Waals surface area contributed by atoms with E-state index in [1.807, 2.05) is 6.92 Å². The number of hydrogen-bond donors (Lipinski definition) is 2. The lowest BCUT2D eigenvalue weighted by molar-refractivity contribution is -0.0429. The summed E-state index contributed by atoms with van der Waals surface area (Å²) < 4.78 is 96.5. The monoisotopic (exact) mass is 623 g/mol. The van der Waals surface area contributed by atoms with Crippen molar-refractivity contribution in [3.05, 3.63) is 101 Å². The fourth-order valence-electron chi connectivity index (χ4n) is 3.99. The molecule has 14 heteroatoms. The van der Waals surface area contributed by atoms with Crippen molar-refractivity contribution in [3.8, 4) is 11.1 Å². The summed E-state index contributed by atoms with van der Waals surface area (Å²) in [6.45, 7) is 1.87. The number of aromatic nitrogens is 1. The SMILES string of the molecule is CCCc1nsc(NS(=O)(=O)C(F)(F)F)c1Cc1ccc(-c2ccccc2S(=O)(=O)NC(=O)c2ccccc2)cc1. The van der Waals surface area contributed by atoms with Gasteiger partial charge in [0.2, 0.25) is 0 Å². The van der Waals surface area contributed by atoms with Crippen LogP contribution in [0.25, 0.3) is 11.1 Å². The van der Waals surface area contributed by atoms with Crippen LogP contribution in [-0.4, -0.2) is 32.6 Å². The molecule has 0 bridgehead atoms. The second kappa shape index (κ2) is 12.0. The van der Waals surface area contributed by atoms with Crippen molar-refractivity contribution in [3.63, 3.8) is 0 Å². The number of amides is 1. The summed E-state index contributed by atoms with van der Waals surface area (Å²) in [5.41, 5.74) is -2.99. The zero-order valence-corrected chi connectivity index (χ0v) is 23.9. The molecule has 0 unspecified atom stereocenters. The zero-order chi connectivity index (χ0) is 29.8. The third-order valence-corrected chi connectivity index (χ3v) is 9.42. The molecule has 216 valence electrons. The van der Waals surface area contributed by atoms with Gasteiger partial charge in [0.15, 0.2) is 0 Å². The van der Waals surface area contributed by atoms with Crippen LogP contribution >= 0.6 is 11.5 Å². The second-order valence-electron chi connectivity index (χ2n) is 8.91. The molecule has 1 heterocycles. The largest absolute Gasteiger partial charge is 0.516 e. The number of sulfonamides is 2. The Balaban J connectivity index is 1.61. The van der Waals surface area contributed by atoms with Crippen LogP contribution in [0.4, 0.5) is 18.2 Å². The average molecular weight is 624 g/mol. The lowest BCUT2D eigenvalue weighted by atomic mass is 9.99. The molecule has 1 amide bonds. The number of rotatable bonds is 10. The van der Waals surface area contributed by atoms with Gasteiger partial charge in [0.25, 0.3) is 15.9 Å². The topological polar surface area (TPSA) is 122 Å². The van der Waals surface area contributed by atoms with Crippen LogP contribution in [0, 0.1) is 0 Å². The van der Waals surface area contributed by atoms with Gasteiger partial charge in [0, 0.05) is 23.1 Å². The smallest absolute Gasteiger partial charge is 0.268 e. The first-order valence-electron chi connectivity index (χ1n) is 12.2. The number of halogens is 3. The van der Waals surface area contributed by atoms with E-state index in [9.17, 15) is 34.8 Å². The maximum Gasteiger partial charge on any atom is 0.516 e. The Morgan fingerprint density at radius 2 is 1.54 bits per heavy atom. The quantitative estimate of drug-likeness (QED) is 0.233. The van der Waals surface area contributed by atoms with Gasteiger partial charge >= 0.3 is 15.5 Å². The van der Waals surface area contributed by atoms with Gasteiger partial charge in [0.05, 0.1) is 10.6 Å². The van der Waals surface area contributed by atoms with E-state index < -0.39 is 31.5 Å². The number of carbonyl (C=O) groups is 1. The van der Waals surface area contributed by atoms with Crippen molar-refractivity contribution in [2.75, 3.05) is 4.72 Å². The number of alkyl halides is 3. The van der Waals surface area contributed by atoms with Gasteiger partial charge in [-0.1, -0.05) is 74.0 Å². The Hall–Kier alpha value is -3.75. The average Bonchev–Trinajstić information content (AvgIpc) is 3.28. The fourth-order valence-corrected chi connectivity index (χ4v) is 6.86. The van der Waals surface area contributed by atoms with Gasteiger partial charge in [-0.2, -0.15) is 26.0 Å². The molecule has 2 N–H and O–H groups in total. The molecular weight excluding hydrogens is 600 g/mol. The molecule has 4 rings (SSSR count). The van der Waals surface area contributed by atoms with Crippen LogP contribution in [0.3, 0.4) is 0 Å². The Kier molecular flexibility index (Phi) is 8.85. The van der Waals surface area contributed by atoms with Gasteiger partial charge < -0.3 is 0 Å². The number of nitrogens with zero attached hydrogens (tertiary/aromatic N) is 1. The summed E-state index contributed by atoms with van der Waals surface area (Å²) in [6.07, 6.45) is 1.18. The molecule has 8 nitrogen and oxygen atoms in total. The molecule has 0 saturated carbocycles. The number of aryl methyl sites for hydroxylation is 1. The van der Waals surface area contributed by atoms with Crippen LogP contribution < -0.4 is 9.44 Å². The molecule has 3 aromatic carbocycles. The molecular formula is C27H24F3N3O5S3. The molecule has 0 spiro atoms. The number of carbonyl (C=O) groups excluding carboxylic acids is 1. The predicted octanol–water partition coefficient (Wildman–Crippen LogP) is 5.73. The van der Waals surface area contributed by atoms with E-state index in [2.05, 4.69) is 9.10 Å². The van der Waals surface area contributed by atoms with E-state index in [1.54, 1.807) is 59.3 Å². The number of nitrogens with one attached hydrogen (secondary N) is 2. The molecule has 0 aliphatic carbocycles. The van der Waals surface area contributed by atoms with Gasteiger partial charge in [-0.25, -0.2) is 13.1 Å². The summed E-state index contributed by atoms with van der Waals surface area (Å²) in [4.78, 5) is 12.4. The Bertz CT molecular complexity index is 1760. The summed E-state index contributed by atoms with van der Waals surface area (Å²) >= 11 is 0.645. The van der Waals surface area contributed by atoms with E-state index in [0.717, 1.165) is 0 Å². The summed E-state index contributed by atoms with van der Waals surface area (Å²) in [7, 11) is -9.87. The molecule has 0 fully saturated rings. The lowest BCUT2D eigenvalue weighted by Crippen LogP contribution is -2.30. The number of anilines is 1. The zero-order valence-electron chi connectivity index (χ0n) is 21.5. The van der Waals surface area contributed by atoms with Gasteiger partial charge in [-0.05, 0) is 47.3 Å². The Morgan fingerprint density at radius 3 is 2.17 bits per heavy atom. The Morgan fingerprint density at radius 1 is 0.902 bits per heavy atom. The highest BCUT2D eigenvalue weighted by atomic mass is 32.2. The third kappa shape index (κ3) is 6.94. The molecule has 0 atom stereocenters. The maximum atomic E-state index is 13.1. The molecule has 0 radical (unpaired) electrons. The van der Waals surface area contributed by atoms with Crippen LogP contribution in [-0.2, 0) is 32.9 Å². The minimum absolute atomic E-state index is 0.0922. The minimum atomic E-state index is -5.62. The first-order chi connectivity index (χ1) is 19.3. The van der Waals surface area contributed by atoms with Crippen molar-refractivity contribution in [1.82, 2.24) is 9.10 Å². The van der Waals surface area contributed by atoms with E-state index in [4.69, 9.17) is 0 Å². The van der Waals surface area contributed by atoms with E-state index in [1.165, 1.54) is 24.3 Å². The summed E-state index contributed by atoms with van der Waals surface area (Å²) in [6, 6.07) is 20.6. The van der Waals surface area contributed by atoms with Crippen molar-refractivity contribution < 1.29 is 34.8 Å². The minimum Gasteiger partial charge on any atom is -0.268 e. The molecule has 0 aliphatic rings. The number of hydrogen-bond acceptors (Lipinski definition) is 7. The van der Waals surface area contributed by atoms with Gasteiger partial charge in [-0.15, -0.1) is 0 Å². The predicted molar refractivity (Wildman–Crippen MR) is 150 cm³/mol. The van der Waals surface area contributed by atoms with Crippen LogP contribution in [0.2, 0.25) is 0 Å². The van der Waals surface area contributed by atoms with Gasteiger partial charge in [-0.3, -0.25) is 9.52 Å². The van der Waals surface area contributed by atoms with Crippen molar-refractivity contribution in [2.24, 2.45) is 0 Å². The van der Waals surface area contributed by atoms with Crippen molar-refractivity contribution in [1.29, 1.82) is 0 Å². The Labute approximate surface area is 239 Å². The fraction of sp³-hybridized carbons (Fsp3) is 0.185. The van der Waals surface area contributed by atoms with E-state index >= 15 is 0 Å². The second-order valence-corrected chi connectivity index (χ2v) is 13.0. The molecule has 41 heavy (non-hydrogen) atoms. The highest BCUT2D eigenvalue weighted by Crippen LogP contribution is 2.34. The number of benzene rings is 3. The highest BCUT2D eigenvalue weighted by Gasteiger charge is 2.46. The van der Waals surface area contributed by atoms with E-state index in [-0.39, 0.29) is 21.9 Å². The molecule has 4 aromatic rings. The molecule has 0 saturated heterocycles. The van der Waals surface area contributed by atoms with Crippen molar-refractivity contribution >= 4 is 42.5 Å². The molecule has 1 aromatic heterocycles. The van der Waals surface area contributed by atoms with Crippen LogP contribution in [0.15, 0.2) is 83.8 Å². The standard InChI is InChI=1S/C27H24F3N3O5S3/c1-2-8-23-22(26(39-31-23)33-41(37,38)27(28,29)30)17-18-13-15-19(16-14-18)21-11-6-7-12-24(21)40(35,36)32-25(34)20-9-4-3-5-10-20/h3-7,9-16,33H,2,8,17H2,1H3,(H,32,34). The van der Waals surface area contributed by atoms with Crippen LogP contribution in [0.5, 0.6) is 0 Å². The normalized spacial score (nSPS) is 12.2. The van der Waals surface area contributed by atoms with E-state index in [0.29, 0.717) is 52.3 Å². The first kappa shape index (κ1) is 30.2. The maximum absolute atomic E-state index is 13.1. The summed E-state index contributed by atoms with van der Waals surface area (Å²) in [5, 5.41) is -0.208. The summed E-state index contributed by atoms with van der Waals surface area (Å²) in [5.74, 6) is -0.778. The van der Waals surface area contributed by atoms with Crippen LogP contribution in [0.1, 0.15) is 40.5 Å². The van der Waals surface area contributed by atoms with Gasteiger partial charge in [0.1, 0.15) is 5.00 Å². The first-order valence-corrected chi connectivity index (χ1v) is 15.9. The third-order valence-electron chi connectivity index (χ3n) is 5.97. The lowest BCUT2D eigenvalue weighted by Gasteiger charge is -2.13. The van der Waals surface area contributed by atoms with Crippen molar-refractivity contribution in [2.45, 2.75) is 36.6 Å². The molecule has 0 aliphatic heterocycles.